The fourth-order valence-corrected chi connectivity index (χ4v) is 1.69. The van der Waals surface area contributed by atoms with E-state index in [-0.39, 0.29) is 0 Å². The van der Waals surface area contributed by atoms with E-state index in [1.165, 1.54) is 0 Å². The predicted molar refractivity (Wildman–Crippen MR) is 53.5 cm³/mol. The van der Waals surface area contributed by atoms with E-state index in [2.05, 4.69) is 4.98 Å². The molecule has 2 unspecified atom stereocenters. The summed E-state index contributed by atoms with van der Waals surface area (Å²) < 4.78 is 0. The Bertz CT molecular complexity index is 324. The molecule has 0 aromatic carbocycles. The second-order valence-corrected chi connectivity index (χ2v) is 3.75. The van der Waals surface area contributed by atoms with Crippen molar-refractivity contribution in [1.82, 2.24) is 4.98 Å². The van der Waals surface area contributed by atoms with Crippen LogP contribution < -0.4 is 4.90 Å². The average Bonchev–Trinajstić information content (AvgIpc) is 2.47. The number of anilines is 1. The number of β-amino-alcohol motifs (C(OH)–C–C–N with tert-alkyl or cyclic N) is 2. The Balaban J connectivity index is 2.17. The highest BCUT2D eigenvalue weighted by atomic mass is 35.5. The number of nitrogens with zero attached hydrogens (tertiary/aromatic N) is 2. The number of aromatic nitrogens is 1. The normalized spacial score (nSPS) is 26.9. The highest BCUT2D eigenvalue weighted by Gasteiger charge is 2.30. The molecule has 1 aromatic heterocycles. The number of pyridine rings is 1. The van der Waals surface area contributed by atoms with Crippen LogP contribution in [0.1, 0.15) is 0 Å². The summed E-state index contributed by atoms with van der Waals surface area (Å²) in [7, 11) is 0. The molecule has 1 fully saturated rings. The third-order valence-corrected chi connectivity index (χ3v) is 2.49. The lowest BCUT2D eigenvalue weighted by molar-refractivity contribution is 0.0572. The van der Waals surface area contributed by atoms with Gasteiger partial charge in [0.25, 0.3) is 0 Å². The first-order valence-corrected chi connectivity index (χ1v) is 4.78. The van der Waals surface area contributed by atoms with Crippen LogP contribution in [0, 0.1) is 0 Å². The highest BCUT2D eigenvalue weighted by Crippen LogP contribution is 2.19. The molecular formula is C9H11ClN2O2. The molecule has 1 aliphatic rings. The van der Waals surface area contributed by atoms with Gasteiger partial charge in [-0.25, -0.2) is 4.98 Å². The Kier molecular flexibility index (Phi) is 2.58. The summed E-state index contributed by atoms with van der Waals surface area (Å²) in [4.78, 5) is 5.90. The molecule has 0 aliphatic carbocycles. The smallest absolute Gasteiger partial charge is 0.131 e. The molecule has 4 nitrogen and oxygen atoms in total. The molecule has 2 N–H and O–H groups in total. The maximum Gasteiger partial charge on any atom is 0.131 e. The van der Waals surface area contributed by atoms with Crippen LogP contribution in [-0.4, -0.2) is 40.5 Å². The Hall–Kier alpha value is -0.840. The molecule has 1 aliphatic heterocycles. The molecule has 2 heterocycles. The Morgan fingerprint density at radius 3 is 2.50 bits per heavy atom. The summed E-state index contributed by atoms with van der Waals surface area (Å²) in [5, 5.41) is 19.1. The molecule has 2 atom stereocenters. The van der Waals surface area contributed by atoms with Crippen molar-refractivity contribution in [2.75, 3.05) is 18.0 Å². The van der Waals surface area contributed by atoms with Gasteiger partial charge < -0.3 is 15.1 Å². The standard InChI is InChI=1S/C9H11ClN2O2/c10-8-2-1-3-9(11-8)12-4-6(13)7(14)5-12/h1-3,6-7,13-14H,4-5H2. The van der Waals surface area contributed by atoms with Crippen LogP contribution in [0.3, 0.4) is 0 Å². The minimum atomic E-state index is -0.698. The molecule has 5 heteroatoms. The molecule has 1 saturated heterocycles. The van der Waals surface area contributed by atoms with Crippen LogP contribution in [0.25, 0.3) is 0 Å². The third kappa shape index (κ3) is 1.82. The number of aliphatic hydroxyl groups is 2. The summed E-state index contributed by atoms with van der Waals surface area (Å²) in [5.41, 5.74) is 0. The van der Waals surface area contributed by atoms with E-state index in [0.29, 0.717) is 24.1 Å². The zero-order valence-corrected chi connectivity index (χ0v) is 8.22. The van der Waals surface area contributed by atoms with Gasteiger partial charge in [0.1, 0.15) is 11.0 Å². The van der Waals surface area contributed by atoms with Gasteiger partial charge >= 0.3 is 0 Å². The predicted octanol–water partition coefficient (Wildman–Crippen LogP) is 0.277. The summed E-state index contributed by atoms with van der Waals surface area (Å²) in [5.74, 6) is 0.688. The van der Waals surface area contributed by atoms with Gasteiger partial charge in [-0.3, -0.25) is 0 Å². The van der Waals surface area contributed by atoms with E-state index < -0.39 is 12.2 Å². The van der Waals surface area contributed by atoms with Crippen molar-refractivity contribution in [2.24, 2.45) is 0 Å². The van der Waals surface area contributed by atoms with Crippen LogP contribution in [-0.2, 0) is 0 Å². The van der Waals surface area contributed by atoms with Gasteiger partial charge in [0, 0.05) is 13.1 Å². The van der Waals surface area contributed by atoms with Gasteiger partial charge in [0.05, 0.1) is 12.2 Å². The van der Waals surface area contributed by atoms with Gasteiger partial charge in [-0.2, -0.15) is 0 Å². The number of aliphatic hydroxyl groups excluding tert-OH is 2. The van der Waals surface area contributed by atoms with Crippen LogP contribution in [0.4, 0.5) is 5.82 Å². The first-order valence-electron chi connectivity index (χ1n) is 4.40. The minimum Gasteiger partial charge on any atom is -0.389 e. The SMILES string of the molecule is OC1CN(c2cccc(Cl)n2)CC1O. The van der Waals surface area contributed by atoms with Crippen molar-refractivity contribution in [2.45, 2.75) is 12.2 Å². The van der Waals surface area contributed by atoms with E-state index in [9.17, 15) is 10.2 Å². The monoisotopic (exact) mass is 214 g/mol. The largest absolute Gasteiger partial charge is 0.389 e. The Labute approximate surface area is 86.8 Å². The first-order chi connectivity index (χ1) is 6.66. The van der Waals surface area contributed by atoms with Gasteiger partial charge in [-0.15, -0.1) is 0 Å². The summed E-state index contributed by atoms with van der Waals surface area (Å²) in [6.07, 6.45) is -1.40. The van der Waals surface area contributed by atoms with Gasteiger partial charge in [-0.05, 0) is 12.1 Å². The van der Waals surface area contributed by atoms with Gasteiger partial charge in [0.2, 0.25) is 0 Å². The molecule has 14 heavy (non-hydrogen) atoms. The summed E-state index contributed by atoms with van der Waals surface area (Å²) in [6.45, 7) is 0.795. The Morgan fingerprint density at radius 2 is 1.93 bits per heavy atom. The fraction of sp³-hybridized carbons (Fsp3) is 0.444. The van der Waals surface area contributed by atoms with Crippen molar-refractivity contribution in [3.63, 3.8) is 0 Å². The van der Waals surface area contributed by atoms with Crippen molar-refractivity contribution in [3.05, 3.63) is 23.4 Å². The molecule has 0 bridgehead atoms. The van der Waals surface area contributed by atoms with Crippen molar-refractivity contribution in [1.29, 1.82) is 0 Å². The second kappa shape index (κ2) is 3.73. The maximum atomic E-state index is 9.35. The van der Waals surface area contributed by atoms with E-state index in [1.807, 2.05) is 0 Å². The molecule has 0 radical (unpaired) electrons. The van der Waals surface area contributed by atoms with E-state index in [4.69, 9.17) is 11.6 Å². The van der Waals surface area contributed by atoms with Gasteiger partial charge in [-0.1, -0.05) is 17.7 Å². The lowest BCUT2D eigenvalue weighted by atomic mass is 10.3. The number of halogens is 1. The van der Waals surface area contributed by atoms with Crippen molar-refractivity contribution in [3.8, 4) is 0 Å². The quantitative estimate of drug-likeness (QED) is 0.660. The fourth-order valence-electron chi connectivity index (χ4n) is 1.53. The van der Waals surface area contributed by atoms with Crippen LogP contribution in [0.15, 0.2) is 18.2 Å². The molecule has 0 spiro atoms. The van der Waals surface area contributed by atoms with E-state index >= 15 is 0 Å². The second-order valence-electron chi connectivity index (χ2n) is 3.36. The highest BCUT2D eigenvalue weighted by molar-refractivity contribution is 6.29. The molecule has 0 amide bonds. The molecule has 2 rings (SSSR count). The van der Waals surface area contributed by atoms with Crippen molar-refractivity contribution < 1.29 is 10.2 Å². The topological polar surface area (TPSA) is 56.6 Å². The van der Waals surface area contributed by atoms with Gasteiger partial charge in [0.15, 0.2) is 0 Å². The number of rotatable bonds is 1. The van der Waals surface area contributed by atoms with Crippen LogP contribution in [0.2, 0.25) is 5.15 Å². The Morgan fingerprint density at radius 1 is 1.29 bits per heavy atom. The zero-order valence-electron chi connectivity index (χ0n) is 7.47. The summed E-state index contributed by atoms with van der Waals surface area (Å²) >= 11 is 5.73. The maximum absolute atomic E-state index is 9.35. The third-order valence-electron chi connectivity index (χ3n) is 2.28. The average molecular weight is 215 g/mol. The molecule has 76 valence electrons. The lowest BCUT2D eigenvalue weighted by Crippen LogP contribution is -2.22. The lowest BCUT2D eigenvalue weighted by Gasteiger charge is -2.15. The molecule has 1 aromatic rings. The number of hydrogen-bond donors (Lipinski definition) is 2. The van der Waals surface area contributed by atoms with E-state index in [1.54, 1.807) is 23.1 Å². The van der Waals surface area contributed by atoms with E-state index in [0.717, 1.165) is 0 Å². The number of hydrogen-bond acceptors (Lipinski definition) is 4. The van der Waals surface area contributed by atoms with Crippen molar-refractivity contribution >= 4 is 17.4 Å². The minimum absolute atomic E-state index is 0.397. The molecule has 0 saturated carbocycles. The summed E-state index contributed by atoms with van der Waals surface area (Å²) in [6, 6.07) is 5.28. The first kappa shape index (κ1) is 9.71. The van der Waals surface area contributed by atoms with Crippen LogP contribution >= 0.6 is 11.6 Å². The zero-order chi connectivity index (χ0) is 10.1. The molecular weight excluding hydrogens is 204 g/mol. The van der Waals surface area contributed by atoms with Crippen LogP contribution in [0.5, 0.6) is 0 Å².